The summed E-state index contributed by atoms with van der Waals surface area (Å²) in [6.07, 6.45) is 10.1. The van der Waals surface area contributed by atoms with Gasteiger partial charge in [0.15, 0.2) is 0 Å². The van der Waals surface area contributed by atoms with Crippen LogP contribution in [0.2, 0.25) is 0 Å². The van der Waals surface area contributed by atoms with Crippen LogP contribution in [-0.2, 0) is 4.57 Å². The molecule has 1 aliphatic heterocycles. The summed E-state index contributed by atoms with van der Waals surface area (Å²) in [6, 6.07) is 3.69. The Bertz CT molecular complexity index is 725. The number of terminal acetylenes is 1. The van der Waals surface area contributed by atoms with Crippen LogP contribution in [0.1, 0.15) is 13.9 Å². The third-order valence-corrected chi connectivity index (χ3v) is 6.21. The molecular weight excluding hydrogens is 286 g/mol. The van der Waals surface area contributed by atoms with Gasteiger partial charge in [0.25, 0.3) is 0 Å². The molecule has 0 fully saturated rings. The minimum absolute atomic E-state index is 0.207. The van der Waals surface area contributed by atoms with Gasteiger partial charge in [-0.05, 0) is 31.0 Å². The maximum Gasteiger partial charge on any atom is 0.147 e. The van der Waals surface area contributed by atoms with E-state index in [2.05, 4.69) is 16.2 Å². The Morgan fingerprint density at radius 3 is 3.00 bits per heavy atom. The highest BCUT2D eigenvalue weighted by molar-refractivity contribution is 7.64. The zero-order chi connectivity index (χ0) is 16.4. The van der Waals surface area contributed by atoms with Gasteiger partial charge in [-0.3, -0.25) is 4.99 Å². The van der Waals surface area contributed by atoms with Crippen molar-refractivity contribution in [3.63, 3.8) is 0 Å². The van der Waals surface area contributed by atoms with E-state index in [1.807, 2.05) is 0 Å². The fourth-order valence-corrected chi connectivity index (χ4v) is 3.54. The third kappa shape index (κ3) is 3.43. The van der Waals surface area contributed by atoms with Crippen LogP contribution in [0.3, 0.4) is 0 Å². The topological polar surface area (TPSA) is 41.5 Å². The van der Waals surface area contributed by atoms with E-state index in [0.29, 0.717) is 11.7 Å². The highest BCUT2D eigenvalue weighted by Gasteiger charge is 2.32. The number of hydrogen-bond donors (Lipinski definition) is 1. The van der Waals surface area contributed by atoms with Gasteiger partial charge in [-0.1, -0.05) is 18.9 Å². The second kappa shape index (κ2) is 6.28. The number of hydrogen-bond acceptors (Lipinski definition) is 3. The zero-order valence-corrected chi connectivity index (χ0v) is 12.9. The number of nitrogens with one attached hydrogen (secondary N) is 1. The van der Waals surface area contributed by atoms with E-state index in [-0.39, 0.29) is 5.69 Å². The van der Waals surface area contributed by atoms with E-state index < -0.39 is 24.6 Å². The quantitative estimate of drug-likeness (QED) is 0.682. The fraction of sp³-hybridized carbons (Fsp3) is 0.312. The molecule has 3 nitrogen and oxygen atoms in total. The molecule has 1 aliphatic rings. The zero-order valence-electron chi connectivity index (χ0n) is 13.0. The molecule has 1 N–H and O–H groups in total. The maximum atomic E-state index is 14.1. The Morgan fingerprint density at radius 1 is 1.62 bits per heavy atom. The van der Waals surface area contributed by atoms with Crippen molar-refractivity contribution in [1.82, 2.24) is 0 Å². The van der Waals surface area contributed by atoms with E-state index in [0.717, 1.165) is 0 Å². The Labute approximate surface area is 126 Å². The second-order valence-corrected chi connectivity index (χ2v) is 8.27. The highest BCUT2D eigenvalue weighted by atomic mass is 31.2. The lowest BCUT2D eigenvalue weighted by Gasteiger charge is -2.29. The summed E-state index contributed by atoms with van der Waals surface area (Å²) in [4.78, 5) is 4.00. The van der Waals surface area contributed by atoms with Crippen molar-refractivity contribution in [3.8, 4) is 12.3 Å². The number of benzene rings is 1. The molecule has 1 aromatic rings. The molecule has 21 heavy (non-hydrogen) atoms. The number of halogens is 1. The minimum Gasteiger partial charge on any atom is -0.374 e. The molecule has 2 unspecified atom stereocenters. The van der Waals surface area contributed by atoms with Gasteiger partial charge >= 0.3 is 0 Å². The van der Waals surface area contributed by atoms with Crippen LogP contribution in [0.4, 0.5) is 10.1 Å². The summed E-state index contributed by atoms with van der Waals surface area (Å²) in [5.41, 5.74) is -0.716. The Morgan fingerprint density at radius 2 is 2.38 bits per heavy atom. The van der Waals surface area contributed by atoms with Crippen molar-refractivity contribution >= 4 is 19.0 Å². The highest BCUT2D eigenvalue weighted by Crippen LogP contribution is 2.49. The van der Waals surface area contributed by atoms with E-state index >= 15 is 0 Å². The number of anilines is 1. The maximum absolute atomic E-state index is 14.1. The summed E-state index contributed by atoms with van der Waals surface area (Å²) in [6.45, 7) is 3.38. The van der Waals surface area contributed by atoms with Crippen LogP contribution < -0.4 is 5.32 Å². The van der Waals surface area contributed by atoms with Crippen molar-refractivity contribution in [2.24, 2.45) is 4.99 Å². The molecule has 0 amide bonds. The summed E-state index contributed by atoms with van der Waals surface area (Å²) in [5, 5.41) is 2.93. The molecule has 0 radical (unpaired) electrons. The van der Waals surface area contributed by atoms with Gasteiger partial charge in [0.05, 0.1) is 24.5 Å². The van der Waals surface area contributed by atoms with E-state index in [1.54, 1.807) is 19.7 Å². The Kier molecular flexibility index (Phi) is 4.22. The van der Waals surface area contributed by atoms with Crippen molar-refractivity contribution in [3.05, 3.63) is 41.9 Å². The molecule has 1 heterocycles. The van der Waals surface area contributed by atoms with Crippen LogP contribution in [0, 0.1) is 18.2 Å². The van der Waals surface area contributed by atoms with Crippen molar-refractivity contribution in [2.45, 2.75) is 18.6 Å². The molecule has 110 valence electrons. The van der Waals surface area contributed by atoms with Crippen LogP contribution in [-0.4, -0.2) is 30.7 Å². The lowest BCUT2D eigenvalue weighted by Crippen LogP contribution is -2.35. The van der Waals surface area contributed by atoms with Gasteiger partial charge in [0.1, 0.15) is 5.82 Å². The summed E-state index contributed by atoms with van der Waals surface area (Å²) < 4.78 is 35.5. The normalized spacial score (nSPS) is 27.5. The van der Waals surface area contributed by atoms with Crippen LogP contribution in [0.5, 0.6) is 0 Å². The minimum atomic E-state index is -2.81. The third-order valence-electron chi connectivity index (χ3n) is 3.48. The number of aliphatic imine (C=N–C) groups is 1. The van der Waals surface area contributed by atoms with Gasteiger partial charge in [-0.2, -0.15) is 0 Å². The number of nitrogens with zero attached hydrogens (tertiary/aromatic N) is 1. The SMILES string of the molecule is [2H]C1([P@@](C)(=O)CC)C=CN=CC1Nc1ccc(C#C)cc1F. The average Bonchev–Trinajstić information content (AvgIpc) is 2.51. The van der Waals surface area contributed by atoms with Crippen molar-refractivity contribution in [1.29, 1.82) is 0 Å². The van der Waals surface area contributed by atoms with Crippen molar-refractivity contribution in [2.75, 3.05) is 18.1 Å². The van der Waals surface area contributed by atoms with Crippen LogP contribution in [0.25, 0.3) is 0 Å². The fourth-order valence-electron chi connectivity index (χ4n) is 2.07. The van der Waals surface area contributed by atoms with Crippen LogP contribution >= 0.6 is 7.14 Å². The lowest BCUT2D eigenvalue weighted by molar-refractivity contribution is 0.572. The van der Waals surface area contributed by atoms with Gasteiger partial charge in [-0.25, -0.2) is 4.39 Å². The molecule has 0 aromatic heterocycles. The predicted octanol–water partition coefficient (Wildman–Crippen LogP) is 3.57. The molecule has 0 bridgehead atoms. The summed E-state index contributed by atoms with van der Waals surface area (Å²) in [5.74, 6) is 1.85. The van der Waals surface area contributed by atoms with Gasteiger partial charge < -0.3 is 9.88 Å². The van der Waals surface area contributed by atoms with E-state index in [4.69, 9.17) is 7.79 Å². The molecule has 0 spiro atoms. The smallest absolute Gasteiger partial charge is 0.147 e. The first-order chi connectivity index (χ1) is 10.3. The van der Waals surface area contributed by atoms with Crippen molar-refractivity contribution < 1.29 is 10.3 Å². The van der Waals surface area contributed by atoms with E-state index in [1.165, 1.54) is 30.6 Å². The molecule has 0 saturated heterocycles. The lowest BCUT2D eigenvalue weighted by atomic mass is 10.1. The van der Waals surface area contributed by atoms with Gasteiger partial charge in [0, 0.05) is 19.3 Å². The largest absolute Gasteiger partial charge is 0.374 e. The molecular formula is C16H18FN2OP. The molecule has 3 atom stereocenters. The Balaban J connectivity index is 2.35. The molecule has 5 heteroatoms. The Hall–Kier alpha value is -1.85. The summed E-state index contributed by atoms with van der Waals surface area (Å²) in [7, 11) is -2.81. The summed E-state index contributed by atoms with van der Waals surface area (Å²) >= 11 is 0. The molecule has 2 rings (SSSR count). The first-order valence-corrected chi connectivity index (χ1v) is 8.98. The van der Waals surface area contributed by atoms with Gasteiger partial charge in [0.2, 0.25) is 0 Å². The first-order valence-electron chi connectivity index (χ1n) is 7.14. The van der Waals surface area contributed by atoms with E-state index in [9.17, 15) is 8.96 Å². The predicted molar refractivity (Wildman–Crippen MR) is 87.2 cm³/mol. The van der Waals surface area contributed by atoms with Crippen LogP contribution in [0.15, 0.2) is 35.5 Å². The average molecular weight is 305 g/mol. The monoisotopic (exact) mass is 305 g/mol. The number of rotatable bonds is 4. The second-order valence-electron chi connectivity index (χ2n) is 4.92. The molecule has 1 aromatic carbocycles. The standard InChI is InChI=1S/C16H18FN2OP/c1-4-12-6-7-14(13(17)10-12)19-15-11-18-9-8-16(15)21(3,20)5-2/h1,6-11,15-16,19H,5H2,2-3H3/t15?,16?,21-/m0/s1/i16D. The molecule has 0 aliphatic carbocycles. The van der Waals surface area contributed by atoms with Gasteiger partial charge in [-0.15, -0.1) is 6.42 Å². The first kappa shape index (κ1) is 14.1. The molecule has 0 saturated carbocycles.